The molecule has 0 radical (unpaired) electrons. The molecule has 0 aliphatic carbocycles. The summed E-state index contributed by atoms with van der Waals surface area (Å²) >= 11 is 3.28. The lowest BCUT2D eigenvalue weighted by molar-refractivity contribution is -0.274. The molecule has 0 spiro atoms. The average Bonchev–Trinajstić information content (AvgIpc) is 2.25. The van der Waals surface area contributed by atoms with Crippen molar-refractivity contribution in [2.45, 2.75) is 32.5 Å². The summed E-state index contributed by atoms with van der Waals surface area (Å²) in [5, 5.41) is 0.760. The van der Waals surface area contributed by atoms with Gasteiger partial charge < -0.3 is 4.74 Å². The lowest BCUT2D eigenvalue weighted by atomic mass is 10.0. The fraction of sp³-hybridized carbons (Fsp3) is 0.500. The minimum Gasteiger partial charge on any atom is -0.405 e. The standard InChI is InChI=1S/C12H14BrF3O/c1-2-9-5-3-7-11(17-12(14,15)16)10(9)6-4-8-13/h3,5,7H,2,4,6,8H2,1H3. The first kappa shape index (κ1) is 14.4. The number of aryl methyl sites for hydroxylation is 1. The molecule has 0 fully saturated rings. The van der Waals surface area contributed by atoms with Gasteiger partial charge in [0.2, 0.25) is 0 Å². The molecule has 1 rings (SSSR count). The van der Waals surface area contributed by atoms with E-state index in [1.807, 2.05) is 13.0 Å². The van der Waals surface area contributed by atoms with Crippen LogP contribution >= 0.6 is 15.9 Å². The number of alkyl halides is 4. The van der Waals surface area contributed by atoms with Crippen molar-refractivity contribution >= 4 is 15.9 Å². The summed E-state index contributed by atoms with van der Waals surface area (Å²) in [6, 6.07) is 4.81. The molecule has 0 aliphatic heterocycles. The predicted octanol–water partition coefficient (Wildman–Crippen LogP) is 4.48. The first-order valence-corrected chi connectivity index (χ1v) is 6.52. The molecule has 96 valence electrons. The van der Waals surface area contributed by atoms with Crippen LogP contribution in [0.3, 0.4) is 0 Å². The van der Waals surface area contributed by atoms with Crippen molar-refractivity contribution in [3.05, 3.63) is 29.3 Å². The highest BCUT2D eigenvalue weighted by atomic mass is 79.9. The maximum Gasteiger partial charge on any atom is 0.573 e. The summed E-state index contributed by atoms with van der Waals surface area (Å²) in [6.45, 7) is 1.92. The van der Waals surface area contributed by atoms with E-state index < -0.39 is 6.36 Å². The van der Waals surface area contributed by atoms with Crippen LogP contribution < -0.4 is 4.74 Å². The van der Waals surface area contributed by atoms with Gasteiger partial charge in [0.05, 0.1) is 0 Å². The van der Waals surface area contributed by atoms with Gasteiger partial charge in [-0.1, -0.05) is 35.0 Å². The largest absolute Gasteiger partial charge is 0.573 e. The summed E-state index contributed by atoms with van der Waals surface area (Å²) in [7, 11) is 0. The SMILES string of the molecule is CCc1cccc(OC(F)(F)F)c1CCCBr. The topological polar surface area (TPSA) is 9.23 Å². The second-order valence-corrected chi connectivity index (χ2v) is 4.38. The van der Waals surface area contributed by atoms with Crippen LogP contribution in [-0.4, -0.2) is 11.7 Å². The fourth-order valence-electron chi connectivity index (χ4n) is 1.69. The van der Waals surface area contributed by atoms with Crippen LogP contribution in [0.25, 0.3) is 0 Å². The first-order chi connectivity index (χ1) is 7.98. The monoisotopic (exact) mass is 310 g/mol. The zero-order valence-electron chi connectivity index (χ0n) is 9.48. The highest BCUT2D eigenvalue weighted by Crippen LogP contribution is 2.30. The number of hydrogen-bond acceptors (Lipinski definition) is 1. The summed E-state index contributed by atoms with van der Waals surface area (Å²) < 4.78 is 40.8. The number of hydrogen-bond donors (Lipinski definition) is 0. The molecule has 0 atom stereocenters. The Hall–Kier alpha value is -0.710. The van der Waals surface area contributed by atoms with Gasteiger partial charge in [-0.3, -0.25) is 0 Å². The molecule has 1 aromatic rings. The molecular formula is C12H14BrF3O. The molecule has 0 heterocycles. The third kappa shape index (κ3) is 4.58. The van der Waals surface area contributed by atoms with Crippen molar-refractivity contribution in [1.29, 1.82) is 0 Å². The zero-order chi connectivity index (χ0) is 12.9. The Kier molecular flexibility index (Phi) is 5.31. The van der Waals surface area contributed by atoms with Crippen molar-refractivity contribution in [2.24, 2.45) is 0 Å². The van der Waals surface area contributed by atoms with Gasteiger partial charge in [-0.25, -0.2) is 0 Å². The summed E-state index contributed by atoms with van der Waals surface area (Å²) in [5.41, 5.74) is 1.57. The van der Waals surface area contributed by atoms with E-state index in [0.29, 0.717) is 18.4 Å². The van der Waals surface area contributed by atoms with Gasteiger partial charge in [0.1, 0.15) is 5.75 Å². The molecular weight excluding hydrogens is 297 g/mol. The predicted molar refractivity (Wildman–Crippen MR) is 64.6 cm³/mol. The smallest absolute Gasteiger partial charge is 0.405 e. The average molecular weight is 311 g/mol. The Bertz CT molecular complexity index is 363. The van der Waals surface area contributed by atoms with E-state index in [1.54, 1.807) is 6.07 Å². The van der Waals surface area contributed by atoms with E-state index in [9.17, 15) is 13.2 Å². The van der Waals surface area contributed by atoms with Gasteiger partial charge in [-0.15, -0.1) is 13.2 Å². The molecule has 0 saturated carbocycles. The number of benzene rings is 1. The Morgan fingerprint density at radius 1 is 1.29 bits per heavy atom. The van der Waals surface area contributed by atoms with Crippen LogP contribution in [0.2, 0.25) is 0 Å². The molecule has 1 aromatic carbocycles. The molecule has 0 bridgehead atoms. The van der Waals surface area contributed by atoms with Gasteiger partial charge in [0.25, 0.3) is 0 Å². The Morgan fingerprint density at radius 2 is 2.00 bits per heavy atom. The van der Waals surface area contributed by atoms with Gasteiger partial charge in [-0.05, 0) is 36.5 Å². The molecule has 0 unspecified atom stereocenters. The fourth-order valence-corrected chi connectivity index (χ4v) is 1.97. The molecule has 0 saturated heterocycles. The van der Waals surface area contributed by atoms with Crippen LogP contribution in [0.15, 0.2) is 18.2 Å². The van der Waals surface area contributed by atoms with Gasteiger partial charge in [0.15, 0.2) is 0 Å². The maximum absolute atomic E-state index is 12.2. The number of rotatable bonds is 5. The number of ether oxygens (including phenoxy) is 1. The van der Waals surface area contributed by atoms with Gasteiger partial charge in [-0.2, -0.15) is 0 Å². The third-order valence-corrected chi connectivity index (χ3v) is 2.96. The molecule has 0 amide bonds. The van der Waals surface area contributed by atoms with Crippen LogP contribution in [0.1, 0.15) is 24.5 Å². The van der Waals surface area contributed by atoms with Crippen molar-refractivity contribution in [2.75, 3.05) is 5.33 Å². The quantitative estimate of drug-likeness (QED) is 0.729. The minimum atomic E-state index is -4.63. The second-order valence-electron chi connectivity index (χ2n) is 3.59. The van der Waals surface area contributed by atoms with Crippen LogP contribution in [-0.2, 0) is 12.8 Å². The van der Waals surface area contributed by atoms with E-state index in [-0.39, 0.29) is 5.75 Å². The minimum absolute atomic E-state index is 0.0715. The van der Waals surface area contributed by atoms with Crippen molar-refractivity contribution in [3.8, 4) is 5.75 Å². The normalized spacial score (nSPS) is 11.6. The van der Waals surface area contributed by atoms with E-state index in [0.717, 1.165) is 17.3 Å². The molecule has 0 N–H and O–H groups in total. The second kappa shape index (κ2) is 6.28. The van der Waals surface area contributed by atoms with Crippen LogP contribution in [0.5, 0.6) is 5.75 Å². The summed E-state index contributed by atoms with van der Waals surface area (Å²) in [6.07, 6.45) is -2.56. The molecule has 1 nitrogen and oxygen atoms in total. The zero-order valence-corrected chi connectivity index (χ0v) is 11.1. The molecule has 0 aliphatic rings. The molecule has 17 heavy (non-hydrogen) atoms. The van der Waals surface area contributed by atoms with E-state index in [1.165, 1.54) is 6.07 Å². The Labute approximate surface area is 107 Å². The third-order valence-electron chi connectivity index (χ3n) is 2.40. The lowest BCUT2D eigenvalue weighted by Gasteiger charge is -2.15. The van der Waals surface area contributed by atoms with Gasteiger partial charge in [0, 0.05) is 5.33 Å². The summed E-state index contributed by atoms with van der Waals surface area (Å²) in [4.78, 5) is 0. The van der Waals surface area contributed by atoms with Crippen LogP contribution in [0, 0.1) is 0 Å². The highest BCUT2D eigenvalue weighted by molar-refractivity contribution is 9.09. The van der Waals surface area contributed by atoms with Gasteiger partial charge >= 0.3 is 6.36 Å². The Balaban J connectivity index is 3.01. The Morgan fingerprint density at radius 3 is 2.53 bits per heavy atom. The lowest BCUT2D eigenvalue weighted by Crippen LogP contribution is -2.18. The maximum atomic E-state index is 12.2. The molecule has 5 heteroatoms. The first-order valence-electron chi connectivity index (χ1n) is 5.40. The van der Waals surface area contributed by atoms with Crippen molar-refractivity contribution < 1.29 is 17.9 Å². The van der Waals surface area contributed by atoms with E-state index in [4.69, 9.17) is 0 Å². The summed E-state index contributed by atoms with van der Waals surface area (Å²) in [5.74, 6) is -0.0715. The van der Waals surface area contributed by atoms with Crippen molar-refractivity contribution in [1.82, 2.24) is 0 Å². The molecule has 0 aromatic heterocycles. The number of halogens is 4. The van der Waals surface area contributed by atoms with Crippen LogP contribution in [0.4, 0.5) is 13.2 Å². The van der Waals surface area contributed by atoms with Crippen molar-refractivity contribution in [3.63, 3.8) is 0 Å². The van der Waals surface area contributed by atoms with E-state index in [2.05, 4.69) is 20.7 Å². The van der Waals surface area contributed by atoms with E-state index >= 15 is 0 Å². The highest BCUT2D eigenvalue weighted by Gasteiger charge is 2.32.